The first-order valence-corrected chi connectivity index (χ1v) is 7.92. The monoisotopic (exact) mass is 274 g/mol. The van der Waals surface area contributed by atoms with Crippen molar-refractivity contribution in [1.82, 2.24) is 10.2 Å². The van der Waals surface area contributed by atoms with Gasteiger partial charge in [-0.1, -0.05) is 43.7 Å². The van der Waals surface area contributed by atoms with Crippen LogP contribution in [0.3, 0.4) is 0 Å². The van der Waals surface area contributed by atoms with Gasteiger partial charge in [0.2, 0.25) is 0 Å². The molecule has 112 valence electrons. The number of piperidine rings is 1. The highest BCUT2D eigenvalue weighted by Crippen LogP contribution is 2.32. The lowest BCUT2D eigenvalue weighted by Gasteiger charge is -2.40. The van der Waals surface area contributed by atoms with E-state index >= 15 is 0 Å². The van der Waals surface area contributed by atoms with E-state index in [2.05, 4.69) is 62.3 Å². The van der Waals surface area contributed by atoms with Crippen LogP contribution in [0.5, 0.6) is 0 Å². The van der Waals surface area contributed by atoms with Gasteiger partial charge in [0, 0.05) is 13.1 Å². The molecule has 1 atom stereocenters. The van der Waals surface area contributed by atoms with Crippen LogP contribution in [0.15, 0.2) is 24.3 Å². The maximum Gasteiger partial charge on any atom is 0.0231 e. The van der Waals surface area contributed by atoms with E-state index < -0.39 is 0 Å². The number of rotatable bonds is 5. The van der Waals surface area contributed by atoms with Gasteiger partial charge in [0.1, 0.15) is 0 Å². The summed E-state index contributed by atoms with van der Waals surface area (Å²) in [5.41, 5.74) is 3.16. The topological polar surface area (TPSA) is 15.3 Å². The van der Waals surface area contributed by atoms with Crippen LogP contribution in [0, 0.1) is 18.3 Å². The first-order chi connectivity index (χ1) is 9.47. The first kappa shape index (κ1) is 15.5. The molecular formula is C18H30N2. The smallest absolute Gasteiger partial charge is 0.0231 e. The Morgan fingerprint density at radius 3 is 2.80 bits per heavy atom. The first-order valence-electron chi connectivity index (χ1n) is 7.92. The average molecular weight is 274 g/mol. The molecule has 1 aliphatic rings. The molecule has 2 nitrogen and oxygen atoms in total. The highest BCUT2D eigenvalue weighted by Gasteiger charge is 2.31. The summed E-state index contributed by atoms with van der Waals surface area (Å²) in [5.74, 6) is 0.802. The number of hydrogen-bond donors (Lipinski definition) is 1. The van der Waals surface area contributed by atoms with Crippen LogP contribution >= 0.6 is 0 Å². The lowest BCUT2D eigenvalue weighted by molar-refractivity contribution is 0.111. The molecule has 0 amide bonds. The Bertz CT molecular complexity index is 419. The standard InChI is InChI=1S/C18H30N2/c1-15-7-5-8-16(11-15)13-20(4)14-18(2,3)17-9-6-10-19-12-17/h5,7-8,11,17,19H,6,9-10,12-14H2,1-4H3. The molecule has 0 aliphatic carbocycles. The zero-order valence-electron chi connectivity index (χ0n) is 13.6. The maximum atomic E-state index is 3.55. The van der Waals surface area contributed by atoms with E-state index in [1.807, 2.05) is 0 Å². The summed E-state index contributed by atoms with van der Waals surface area (Å²) in [6, 6.07) is 8.86. The molecule has 20 heavy (non-hydrogen) atoms. The summed E-state index contributed by atoms with van der Waals surface area (Å²) >= 11 is 0. The van der Waals surface area contributed by atoms with Gasteiger partial charge in [-0.2, -0.15) is 0 Å². The van der Waals surface area contributed by atoms with Crippen LogP contribution in [0.2, 0.25) is 0 Å². The van der Waals surface area contributed by atoms with Gasteiger partial charge in [-0.15, -0.1) is 0 Å². The number of hydrogen-bond acceptors (Lipinski definition) is 2. The number of nitrogens with one attached hydrogen (secondary N) is 1. The third-order valence-corrected chi connectivity index (χ3v) is 4.61. The van der Waals surface area contributed by atoms with E-state index in [0.29, 0.717) is 5.41 Å². The Kier molecular flexibility index (Phi) is 5.22. The zero-order chi connectivity index (χ0) is 14.6. The van der Waals surface area contributed by atoms with E-state index in [4.69, 9.17) is 0 Å². The van der Waals surface area contributed by atoms with Crippen molar-refractivity contribution in [3.63, 3.8) is 0 Å². The minimum absolute atomic E-state index is 0.381. The quantitative estimate of drug-likeness (QED) is 0.884. The Labute approximate surface area is 124 Å². The van der Waals surface area contributed by atoms with E-state index in [-0.39, 0.29) is 0 Å². The van der Waals surface area contributed by atoms with Crippen LogP contribution in [0.25, 0.3) is 0 Å². The summed E-state index contributed by atoms with van der Waals surface area (Å²) in [5, 5.41) is 3.55. The van der Waals surface area contributed by atoms with Gasteiger partial charge in [-0.25, -0.2) is 0 Å². The predicted molar refractivity (Wildman–Crippen MR) is 86.9 cm³/mol. The Morgan fingerprint density at radius 2 is 2.15 bits per heavy atom. The molecule has 1 aromatic rings. The maximum absolute atomic E-state index is 3.55. The van der Waals surface area contributed by atoms with Crippen molar-refractivity contribution < 1.29 is 0 Å². The number of benzene rings is 1. The van der Waals surface area contributed by atoms with Crippen LogP contribution in [-0.2, 0) is 6.54 Å². The van der Waals surface area contributed by atoms with Gasteiger partial charge in [-0.05, 0) is 56.8 Å². The SMILES string of the molecule is Cc1cccc(CN(C)CC(C)(C)C2CCCNC2)c1. The minimum Gasteiger partial charge on any atom is -0.316 e. The summed E-state index contributed by atoms with van der Waals surface area (Å²) in [7, 11) is 2.25. The van der Waals surface area contributed by atoms with Crippen LogP contribution in [0.4, 0.5) is 0 Å². The predicted octanol–water partition coefficient (Wildman–Crippen LogP) is 3.45. The molecule has 0 bridgehead atoms. The van der Waals surface area contributed by atoms with Crippen LogP contribution < -0.4 is 5.32 Å². The molecular weight excluding hydrogens is 244 g/mol. The molecule has 0 saturated carbocycles. The largest absolute Gasteiger partial charge is 0.316 e. The fourth-order valence-corrected chi connectivity index (χ4v) is 3.52. The molecule has 0 radical (unpaired) electrons. The molecule has 1 fully saturated rings. The zero-order valence-corrected chi connectivity index (χ0v) is 13.6. The van der Waals surface area contributed by atoms with Gasteiger partial charge in [0.25, 0.3) is 0 Å². The molecule has 1 aliphatic heterocycles. The third-order valence-electron chi connectivity index (χ3n) is 4.61. The van der Waals surface area contributed by atoms with E-state index in [1.165, 1.54) is 37.1 Å². The normalized spacial score (nSPS) is 20.4. The number of nitrogens with zero attached hydrogens (tertiary/aromatic N) is 1. The summed E-state index contributed by atoms with van der Waals surface area (Å²) in [6.07, 6.45) is 2.70. The van der Waals surface area contributed by atoms with Gasteiger partial charge in [0.15, 0.2) is 0 Å². The second-order valence-electron chi connectivity index (χ2n) is 7.19. The summed E-state index contributed by atoms with van der Waals surface area (Å²) in [6.45, 7) is 11.6. The second kappa shape index (κ2) is 6.73. The molecule has 1 aromatic carbocycles. The van der Waals surface area contributed by atoms with Gasteiger partial charge in [-0.3, -0.25) is 0 Å². The minimum atomic E-state index is 0.381. The highest BCUT2D eigenvalue weighted by molar-refractivity contribution is 5.22. The molecule has 0 spiro atoms. The fourth-order valence-electron chi connectivity index (χ4n) is 3.52. The van der Waals surface area contributed by atoms with Gasteiger partial charge < -0.3 is 10.2 Å². The molecule has 1 N–H and O–H groups in total. The van der Waals surface area contributed by atoms with Crippen molar-refractivity contribution in [3.05, 3.63) is 35.4 Å². The van der Waals surface area contributed by atoms with Crippen molar-refractivity contribution in [2.75, 3.05) is 26.7 Å². The lowest BCUT2D eigenvalue weighted by atomic mass is 9.74. The second-order valence-corrected chi connectivity index (χ2v) is 7.19. The summed E-state index contributed by atoms with van der Waals surface area (Å²) in [4.78, 5) is 2.48. The molecule has 0 aromatic heterocycles. The van der Waals surface area contributed by atoms with Crippen molar-refractivity contribution in [1.29, 1.82) is 0 Å². The van der Waals surface area contributed by atoms with E-state index in [0.717, 1.165) is 19.0 Å². The molecule has 1 saturated heterocycles. The molecule has 2 heteroatoms. The highest BCUT2D eigenvalue weighted by atomic mass is 15.1. The van der Waals surface area contributed by atoms with Crippen LogP contribution in [0.1, 0.15) is 37.8 Å². The summed E-state index contributed by atoms with van der Waals surface area (Å²) < 4.78 is 0. The molecule has 1 unspecified atom stereocenters. The van der Waals surface area contributed by atoms with Gasteiger partial charge in [0.05, 0.1) is 0 Å². The average Bonchev–Trinajstić information content (AvgIpc) is 2.39. The van der Waals surface area contributed by atoms with Crippen molar-refractivity contribution in [2.45, 2.75) is 40.2 Å². The Balaban J connectivity index is 1.90. The third kappa shape index (κ3) is 4.32. The Morgan fingerprint density at radius 1 is 1.35 bits per heavy atom. The number of aryl methyl sites for hydroxylation is 1. The van der Waals surface area contributed by atoms with Crippen molar-refractivity contribution in [3.8, 4) is 0 Å². The van der Waals surface area contributed by atoms with Crippen LogP contribution in [-0.4, -0.2) is 31.6 Å². The van der Waals surface area contributed by atoms with Crippen molar-refractivity contribution in [2.24, 2.45) is 11.3 Å². The van der Waals surface area contributed by atoms with E-state index in [9.17, 15) is 0 Å². The van der Waals surface area contributed by atoms with Gasteiger partial charge >= 0.3 is 0 Å². The van der Waals surface area contributed by atoms with Crippen molar-refractivity contribution >= 4 is 0 Å². The molecule has 1 heterocycles. The van der Waals surface area contributed by atoms with E-state index in [1.54, 1.807) is 0 Å². The lowest BCUT2D eigenvalue weighted by Crippen LogP contribution is -2.43. The molecule has 2 rings (SSSR count). The Hall–Kier alpha value is -0.860. The fraction of sp³-hybridized carbons (Fsp3) is 0.667.